The van der Waals surface area contributed by atoms with Crippen LogP contribution < -0.4 is 16.3 Å². The fraction of sp³-hybridized carbons (Fsp3) is 0.688. The lowest BCUT2D eigenvalue weighted by atomic mass is 9.99. The summed E-state index contributed by atoms with van der Waals surface area (Å²) in [6.45, 7) is 4.45. The van der Waals surface area contributed by atoms with E-state index in [1.54, 1.807) is 13.8 Å². The maximum absolute atomic E-state index is 12.8. The van der Waals surface area contributed by atoms with Gasteiger partial charge in [0.05, 0.1) is 25.4 Å². The van der Waals surface area contributed by atoms with Gasteiger partial charge in [0, 0.05) is 18.2 Å². The number of aromatic nitrogens is 2. The Morgan fingerprint density at radius 2 is 2.03 bits per heavy atom. The lowest BCUT2D eigenvalue weighted by molar-refractivity contribution is -0.149. The first kappa shape index (κ1) is 21.9. The van der Waals surface area contributed by atoms with E-state index in [2.05, 4.69) is 10.1 Å². The van der Waals surface area contributed by atoms with Crippen LogP contribution >= 0.6 is 7.75 Å². The van der Waals surface area contributed by atoms with Gasteiger partial charge in [0.1, 0.15) is 12.1 Å². The molecule has 162 valence electrons. The van der Waals surface area contributed by atoms with Crippen LogP contribution in [0, 0.1) is 5.92 Å². The molecular weight excluding hydrogens is 409 g/mol. The summed E-state index contributed by atoms with van der Waals surface area (Å²) < 4.78 is 35.4. The van der Waals surface area contributed by atoms with Gasteiger partial charge in [0.15, 0.2) is 6.23 Å². The minimum Gasteiger partial charge on any atom is -0.462 e. The van der Waals surface area contributed by atoms with Crippen LogP contribution in [0.1, 0.15) is 27.0 Å². The van der Waals surface area contributed by atoms with Gasteiger partial charge >= 0.3 is 19.4 Å². The van der Waals surface area contributed by atoms with E-state index in [1.165, 1.54) is 13.1 Å². The predicted octanol–water partition coefficient (Wildman–Crippen LogP) is -0.504. The molecule has 0 aromatic carbocycles. The highest BCUT2D eigenvalue weighted by molar-refractivity contribution is 7.51. The van der Waals surface area contributed by atoms with Gasteiger partial charge in [-0.2, -0.15) is 0 Å². The summed E-state index contributed by atoms with van der Waals surface area (Å²) in [4.78, 5) is 37.2. The van der Waals surface area contributed by atoms with E-state index in [0.717, 1.165) is 10.6 Å². The van der Waals surface area contributed by atoms with Gasteiger partial charge in [-0.3, -0.25) is 28.2 Å². The molecule has 0 bridgehead atoms. The second-order valence-electron chi connectivity index (χ2n) is 7.16. The van der Waals surface area contributed by atoms with Gasteiger partial charge in [-0.15, -0.1) is 0 Å². The Bertz CT molecular complexity index is 913. The van der Waals surface area contributed by atoms with E-state index in [-0.39, 0.29) is 19.3 Å². The van der Waals surface area contributed by atoms with Gasteiger partial charge in [-0.25, -0.2) is 14.4 Å². The fourth-order valence-electron chi connectivity index (χ4n) is 3.11. The van der Waals surface area contributed by atoms with Crippen molar-refractivity contribution < 1.29 is 33.0 Å². The van der Waals surface area contributed by atoms with Crippen LogP contribution in [0.4, 0.5) is 0 Å². The molecule has 29 heavy (non-hydrogen) atoms. The maximum Gasteiger partial charge on any atom is 0.406 e. The zero-order valence-corrected chi connectivity index (χ0v) is 17.0. The van der Waals surface area contributed by atoms with E-state index in [0.29, 0.717) is 0 Å². The molecule has 0 spiro atoms. The average Bonchev–Trinajstić information content (AvgIpc) is 2.83. The van der Waals surface area contributed by atoms with Crippen molar-refractivity contribution >= 4 is 13.7 Å². The van der Waals surface area contributed by atoms with E-state index < -0.39 is 55.4 Å². The van der Waals surface area contributed by atoms with Crippen molar-refractivity contribution in [2.24, 2.45) is 5.92 Å². The molecule has 0 saturated carbocycles. The summed E-state index contributed by atoms with van der Waals surface area (Å²) in [6, 6.07) is 0.188. The third-order valence-electron chi connectivity index (χ3n) is 4.55. The molecule has 3 N–H and O–H groups in total. The molecule has 6 unspecified atom stereocenters. The van der Waals surface area contributed by atoms with Crippen molar-refractivity contribution in [3.05, 3.63) is 33.1 Å². The third-order valence-corrected chi connectivity index (χ3v) is 6.23. The van der Waals surface area contributed by atoms with Crippen LogP contribution in [-0.2, 0) is 27.9 Å². The predicted molar refractivity (Wildman–Crippen MR) is 98.1 cm³/mol. The van der Waals surface area contributed by atoms with Crippen LogP contribution in [0.3, 0.4) is 0 Å². The fourth-order valence-corrected chi connectivity index (χ4v) is 4.63. The summed E-state index contributed by atoms with van der Waals surface area (Å²) in [5.41, 5.74) is -1.30. The summed E-state index contributed by atoms with van der Waals surface area (Å²) >= 11 is 0. The molecule has 1 aromatic heterocycles. The molecule has 2 fully saturated rings. The monoisotopic (exact) mass is 433 g/mol. The summed E-state index contributed by atoms with van der Waals surface area (Å²) in [5, 5.41) is 13.1. The molecule has 13 heteroatoms. The summed E-state index contributed by atoms with van der Waals surface area (Å²) in [6.07, 6.45) is -2.07. The number of fused-ring (bicyclic) bond motifs is 1. The van der Waals surface area contributed by atoms with E-state index in [4.69, 9.17) is 18.5 Å². The zero-order valence-electron chi connectivity index (χ0n) is 16.1. The molecular formula is C16H24N3O9P. The first-order valence-corrected chi connectivity index (χ1v) is 10.7. The summed E-state index contributed by atoms with van der Waals surface area (Å²) in [5.74, 6) is -1.25. The normalized spacial score (nSPS) is 33.1. The van der Waals surface area contributed by atoms with Crippen molar-refractivity contribution in [1.82, 2.24) is 14.6 Å². The number of carbonyl (C=O) groups excluding carboxylic acids is 1. The highest BCUT2D eigenvalue weighted by Crippen LogP contribution is 2.50. The lowest BCUT2D eigenvalue weighted by Crippen LogP contribution is -2.37. The topological polar surface area (TPSA) is 158 Å². The number of aliphatic hydroxyl groups is 1. The minimum atomic E-state index is -3.86. The molecule has 0 aliphatic carbocycles. The number of esters is 1. The number of aromatic amines is 1. The smallest absolute Gasteiger partial charge is 0.406 e. The van der Waals surface area contributed by atoms with Crippen LogP contribution in [0.25, 0.3) is 0 Å². The number of H-pyrrole nitrogens is 1. The molecule has 0 amide bonds. The van der Waals surface area contributed by atoms with Gasteiger partial charge in [-0.1, -0.05) is 0 Å². The molecule has 3 rings (SSSR count). The summed E-state index contributed by atoms with van der Waals surface area (Å²) in [7, 11) is -3.86. The Kier molecular flexibility index (Phi) is 6.42. The number of aliphatic hydroxyl groups excluding tert-OH is 1. The number of hydrogen-bond acceptors (Lipinski definition) is 9. The first-order valence-electron chi connectivity index (χ1n) is 9.12. The number of nitrogens with zero attached hydrogens (tertiary/aromatic N) is 1. The zero-order chi connectivity index (χ0) is 21.3. The van der Waals surface area contributed by atoms with Crippen LogP contribution in [0.2, 0.25) is 0 Å². The number of carbonyl (C=O) groups is 1. The largest absolute Gasteiger partial charge is 0.462 e. The highest BCUT2D eigenvalue weighted by atomic mass is 31.2. The average molecular weight is 433 g/mol. The SMILES string of the molecule is CC(C)OC(=O)C(C)NP1(=O)OCC2OC(n3ccc(=O)[nH]c3=O)C(O)C2CO1. The molecule has 0 radical (unpaired) electrons. The van der Waals surface area contributed by atoms with Crippen molar-refractivity contribution in [1.29, 1.82) is 0 Å². The number of nitrogens with one attached hydrogen (secondary N) is 2. The van der Waals surface area contributed by atoms with Gasteiger partial charge in [0.25, 0.3) is 5.56 Å². The van der Waals surface area contributed by atoms with E-state index in [9.17, 15) is 24.1 Å². The molecule has 2 aliphatic heterocycles. The van der Waals surface area contributed by atoms with Gasteiger partial charge < -0.3 is 14.6 Å². The second kappa shape index (κ2) is 8.50. The van der Waals surface area contributed by atoms with E-state index >= 15 is 0 Å². The standard InChI is InChI=1S/C16H24N3O9P/c1-8(2)27-15(22)9(3)18-29(24)25-6-10-11(7-26-29)28-14(13(10)21)19-5-4-12(20)17-16(19)23/h4-5,8-11,13-14,21H,6-7H2,1-3H3,(H,18,24)(H,17,20,23). The van der Waals surface area contributed by atoms with Crippen LogP contribution in [0.15, 0.2) is 21.9 Å². The third kappa shape index (κ3) is 4.85. The number of hydrogen-bond donors (Lipinski definition) is 3. The van der Waals surface area contributed by atoms with Crippen molar-refractivity contribution in [2.75, 3.05) is 13.2 Å². The van der Waals surface area contributed by atoms with Crippen LogP contribution in [-0.4, -0.2) is 58.2 Å². The Labute approximate surface area is 165 Å². The first-order chi connectivity index (χ1) is 13.6. The molecule has 2 saturated heterocycles. The van der Waals surface area contributed by atoms with Crippen molar-refractivity contribution in [3.63, 3.8) is 0 Å². The van der Waals surface area contributed by atoms with Crippen LogP contribution in [0.5, 0.6) is 0 Å². The molecule has 1 aromatic rings. The highest BCUT2D eigenvalue weighted by Gasteiger charge is 2.49. The molecule has 12 nitrogen and oxygen atoms in total. The van der Waals surface area contributed by atoms with E-state index in [1.807, 2.05) is 0 Å². The maximum atomic E-state index is 12.8. The molecule has 6 atom stereocenters. The number of ether oxygens (including phenoxy) is 2. The molecule has 2 aliphatic rings. The Morgan fingerprint density at radius 3 is 2.69 bits per heavy atom. The van der Waals surface area contributed by atoms with Crippen molar-refractivity contribution in [3.8, 4) is 0 Å². The van der Waals surface area contributed by atoms with Crippen molar-refractivity contribution in [2.45, 2.75) is 51.4 Å². The quantitative estimate of drug-likeness (QED) is 0.408. The second-order valence-corrected chi connectivity index (χ2v) is 8.93. The number of rotatable bonds is 5. The Hall–Kier alpha value is -1.82. The Balaban J connectivity index is 1.68. The minimum absolute atomic E-state index is 0.198. The van der Waals surface area contributed by atoms with Gasteiger partial charge in [-0.05, 0) is 20.8 Å². The lowest BCUT2D eigenvalue weighted by Gasteiger charge is -2.23. The Morgan fingerprint density at radius 1 is 1.34 bits per heavy atom. The van der Waals surface area contributed by atoms with Gasteiger partial charge in [0.2, 0.25) is 0 Å². The molecule has 3 heterocycles.